The molecule has 2 aromatic rings. The molecule has 0 radical (unpaired) electrons. The van der Waals surface area contributed by atoms with Crippen LogP contribution in [0.5, 0.6) is 0 Å². The first-order chi connectivity index (χ1) is 14.6. The molecule has 0 saturated heterocycles. The maximum Gasteiger partial charge on any atom is 0.243 e. The molecule has 3 rings (SSSR count). The molecule has 2 amide bonds. The van der Waals surface area contributed by atoms with E-state index in [1.54, 1.807) is 11.0 Å². The lowest BCUT2D eigenvalue weighted by molar-refractivity contribution is -0.141. The largest absolute Gasteiger partial charge is 0.352 e. The normalized spacial score (nSPS) is 15.4. The Morgan fingerprint density at radius 3 is 2.40 bits per heavy atom. The van der Waals surface area contributed by atoms with Crippen molar-refractivity contribution in [1.82, 2.24) is 10.2 Å². The summed E-state index contributed by atoms with van der Waals surface area (Å²) >= 11 is 6.10. The number of halogens is 1. The van der Waals surface area contributed by atoms with Gasteiger partial charge in [-0.3, -0.25) is 9.59 Å². The maximum atomic E-state index is 13.3. The van der Waals surface area contributed by atoms with E-state index in [4.69, 9.17) is 11.6 Å². The van der Waals surface area contributed by atoms with Crippen molar-refractivity contribution in [2.45, 2.75) is 70.5 Å². The predicted octanol–water partition coefficient (Wildman–Crippen LogP) is 5.14. The van der Waals surface area contributed by atoms with Gasteiger partial charge in [-0.25, -0.2) is 0 Å². The molecule has 1 aliphatic rings. The van der Waals surface area contributed by atoms with E-state index in [9.17, 15) is 9.59 Å². The van der Waals surface area contributed by atoms with Gasteiger partial charge in [0.1, 0.15) is 6.04 Å². The summed E-state index contributed by atoms with van der Waals surface area (Å²) in [6, 6.07) is 16.9. The fourth-order valence-corrected chi connectivity index (χ4v) is 4.38. The van der Waals surface area contributed by atoms with Crippen LogP contribution in [0.4, 0.5) is 0 Å². The van der Waals surface area contributed by atoms with Crippen molar-refractivity contribution in [2.24, 2.45) is 0 Å². The summed E-state index contributed by atoms with van der Waals surface area (Å²) < 4.78 is 0. The molecule has 0 unspecified atom stereocenters. The number of amides is 2. The summed E-state index contributed by atoms with van der Waals surface area (Å²) in [6.45, 7) is 2.38. The molecule has 0 bridgehead atoms. The second-order valence-electron chi connectivity index (χ2n) is 8.08. The number of nitrogens with zero attached hydrogens (tertiary/aromatic N) is 1. The molecule has 1 saturated carbocycles. The zero-order valence-electron chi connectivity index (χ0n) is 17.6. The minimum Gasteiger partial charge on any atom is -0.352 e. The molecule has 1 atom stereocenters. The highest BCUT2D eigenvalue weighted by molar-refractivity contribution is 6.30. The van der Waals surface area contributed by atoms with Crippen LogP contribution in [0.3, 0.4) is 0 Å². The van der Waals surface area contributed by atoms with Crippen LogP contribution in [0.1, 0.15) is 56.6 Å². The highest BCUT2D eigenvalue weighted by Gasteiger charge is 2.30. The van der Waals surface area contributed by atoms with Gasteiger partial charge in [0, 0.05) is 17.6 Å². The summed E-state index contributed by atoms with van der Waals surface area (Å²) in [5.41, 5.74) is 1.87. The molecule has 30 heavy (non-hydrogen) atoms. The number of rotatable bonds is 8. The van der Waals surface area contributed by atoms with Crippen molar-refractivity contribution in [3.8, 4) is 0 Å². The standard InChI is InChI=1S/C25H31ClN2O2/c1-2-23(25(30)27-22-14-7-4-8-15-22)28(18-19-10-5-3-6-11-19)24(29)17-20-12-9-13-21(26)16-20/h3,5-6,9-13,16,22-23H,2,4,7-8,14-15,17-18H2,1H3,(H,27,30)/t23-/m1/s1. The van der Waals surface area contributed by atoms with Crippen LogP contribution >= 0.6 is 11.6 Å². The second kappa shape index (κ2) is 11.2. The van der Waals surface area contributed by atoms with Crippen LogP contribution in [0.15, 0.2) is 54.6 Å². The zero-order valence-corrected chi connectivity index (χ0v) is 18.4. The lowest BCUT2D eigenvalue weighted by atomic mass is 9.95. The molecular weight excluding hydrogens is 396 g/mol. The highest BCUT2D eigenvalue weighted by Crippen LogP contribution is 2.20. The van der Waals surface area contributed by atoms with Gasteiger partial charge in [0.15, 0.2) is 0 Å². The van der Waals surface area contributed by atoms with Gasteiger partial charge in [0.25, 0.3) is 0 Å². The Kier molecular flexibility index (Phi) is 8.32. The Labute approximate surface area is 184 Å². The van der Waals surface area contributed by atoms with Crippen LogP contribution in [0, 0.1) is 0 Å². The van der Waals surface area contributed by atoms with Crippen molar-refractivity contribution in [1.29, 1.82) is 0 Å². The van der Waals surface area contributed by atoms with Crippen LogP contribution in [0.2, 0.25) is 5.02 Å². The topological polar surface area (TPSA) is 49.4 Å². The third-order valence-corrected chi connectivity index (χ3v) is 6.01. The number of benzene rings is 2. The lowest BCUT2D eigenvalue weighted by Crippen LogP contribution is -2.51. The smallest absolute Gasteiger partial charge is 0.243 e. The van der Waals surface area contributed by atoms with E-state index in [0.717, 1.165) is 36.8 Å². The third-order valence-electron chi connectivity index (χ3n) is 5.78. The second-order valence-corrected chi connectivity index (χ2v) is 8.52. The number of hydrogen-bond donors (Lipinski definition) is 1. The van der Waals surface area contributed by atoms with Crippen LogP contribution in [0.25, 0.3) is 0 Å². The monoisotopic (exact) mass is 426 g/mol. The van der Waals surface area contributed by atoms with Gasteiger partial charge < -0.3 is 10.2 Å². The SMILES string of the molecule is CC[C@H](C(=O)NC1CCCCC1)N(Cc1ccccc1)C(=O)Cc1cccc(Cl)c1. The van der Waals surface area contributed by atoms with Crippen LogP contribution in [-0.4, -0.2) is 28.8 Å². The number of carbonyl (C=O) groups is 2. The summed E-state index contributed by atoms with van der Waals surface area (Å²) in [5.74, 6) is -0.105. The Hall–Kier alpha value is -2.33. The van der Waals surface area contributed by atoms with Gasteiger partial charge in [-0.15, -0.1) is 0 Å². The molecule has 0 aromatic heterocycles. The quantitative estimate of drug-likeness (QED) is 0.635. The molecule has 4 nitrogen and oxygen atoms in total. The molecule has 0 spiro atoms. The van der Waals surface area contributed by atoms with Crippen molar-refractivity contribution in [2.75, 3.05) is 0 Å². The van der Waals surface area contributed by atoms with E-state index in [1.807, 2.05) is 55.5 Å². The molecule has 1 fully saturated rings. The zero-order chi connectivity index (χ0) is 21.3. The Morgan fingerprint density at radius 2 is 1.73 bits per heavy atom. The number of nitrogens with one attached hydrogen (secondary N) is 1. The van der Waals surface area contributed by atoms with E-state index in [0.29, 0.717) is 18.0 Å². The Morgan fingerprint density at radius 1 is 1.03 bits per heavy atom. The van der Waals surface area contributed by atoms with E-state index in [-0.39, 0.29) is 24.3 Å². The first-order valence-electron chi connectivity index (χ1n) is 10.9. The first-order valence-corrected chi connectivity index (χ1v) is 11.3. The molecule has 1 N–H and O–H groups in total. The summed E-state index contributed by atoms with van der Waals surface area (Å²) in [5, 5.41) is 3.82. The molecule has 0 aliphatic heterocycles. The summed E-state index contributed by atoms with van der Waals surface area (Å²) in [4.78, 5) is 28.2. The third kappa shape index (κ3) is 6.33. The molecule has 1 aliphatic carbocycles. The molecule has 2 aromatic carbocycles. The molecular formula is C25H31ClN2O2. The maximum absolute atomic E-state index is 13.3. The minimum atomic E-state index is -0.487. The molecule has 5 heteroatoms. The van der Waals surface area contributed by atoms with Crippen molar-refractivity contribution in [3.63, 3.8) is 0 Å². The molecule has 160 valence electrons. The summed E-state index contributed by atoms with van der Waals surface area (Å²) in [7, 11) is 0. The van der Waals surface area contributed by atoms with Crippen molar-refractivity contribution < 1.29 is 9.59 Å². The van der Waals surface area contributed by atoms with Crippen LogP contribution in [-0.2, 0) is 22.6 Å². The highest BCUT2D eigenvalue weighted by atomic mass is 35.5. The van der Waals surface area contributed by atoms with Crippen molar-refractivity contribution in [3.05, 3.63) is 70.7 Å². The van der Waals surface area contributed by atoms with Crippen LogP contribution < -0.4 is 5.32 Å². The predicted molar refractivity (Wildman–Crippen MR) is 121 cm³/mol. The van der Waals surface area contributed by atoms with E-state index < -0.39 is 6.04 Å². The fourth-order valence-electron chi connectivity index (χ4n) is 4.17. The van der Waals surface area contributed by atoms with Gasteiger partial charge in [0.2, 0.25) is 11.8 Å². The van der Waals surface area contributed by atoms with Gasteiger partial charge in [-0.2, -0.15) is 0 Å². The van der Waals surface area contributed by atoms with E-state index in [2.05, 4.69) is 5.32 Å². The van der Waals surface area contributed by atoms with E-state index in [1.165, 1.54) is 6.42 Å². The number of carbonyl (C=O) groups excluding carboxylic acids is 2. The summed E-state index contributed by atoms with van der Waals surface area (Å²) in [6.07, 6.45) is 6.40. The van der Waals surface area contributed by atoms with Gasteiger partial charge >= 0.3 is 0 Å². The Bertz CT molecular complexity index is 834. The van der Waals surface area contributed by atoms with Crippen molar-refractivity contribution >= 4 is 23.4 Å². The fraction of sp³-hybridized carbons (Fsp3) is 0.440. The van der Waals surface area contributed by atoms with Gasteiger partial charge in [0.05, 0.1) is 6.42 Å². The van der Waals surface area contributed by atoms with Gasteiger partial charge in [-0.05, 0) is 42.5 Å². The molecule has 0 heterocycles. The average molecular weight is 427 g/mol. The minimum absolute atomic E-state index is 0.0419. The van der Waals surface area contributed by atoms with E-state index >= 15 is 0 Å². The lowest BCUT2D eigenvalue weighted by Gasteiger charge is -2.33. The number of hydrogen-bond acceptors (Lipinski definition) is 2. The Balaban J connectivity index is 1.78. The average Bonchev–Trinajstić information content (AvgIpc) is 2.75. The first kappa shape index (κ1) is 22.4. The van der Waals surface area contributed by atoms with Gasteiger partial charge in [-0.1, -0.05) is 80.3 Å².